The molecule has 0 spiro atoms. The predicted molar refractivity (Wildman–Crippen MR) is 120 cm³/mol. The Bertz CT molecular complexity index is 888. The van der Waals surface area contributed by atoms with E-state index in [2.05, 4.69) is 34.3 Å². The summed E-state index contributed by atoms with van der Waals surface area (Å²) in [4.78, 5) is 7.72. The Balaban J connectivity index is 0.00000243. The van der Waals surface area contributed by atoms with Gasteiger partial charge in [-0.3, -0.25) is 4.99 Å². The van der Waals surface area contributed by atoms with E-state index in [9.17, 15) is 0 Å². The molecule has 6 heteroatoms. The van der Waals surface area contributed by atoms with Crippen LogP contribution < -0.4 is 15.8 Å². The number of halogens is 1. The van der Waals surface area contributed by atoms with Gasteiger partial charge in [0.15, 0.2) is 5.96 Å². The number of guanidine groups is 1. The maximum atomic E-state index is 6.01. The van der Waals surface area contributed by atoms with Crippen molar-refractivity contribution in [2.45, 2.75) is 19.8 Å². The highest BCUT2D eigenvalue weighted by molar-refractivity contribution is 14.0. The normalized spacial score (nSPS) is 11.2. The molecule has 0 aliphatic rings. The molecule has 2 aromatic carbocycles. The molecule has 0 radical (unpaired) electrons. The van der Waals surface area contributed by atoms with Crippen LogP contribution in [0.25, 0.3) is 10.9 Å². The summed E-state index contributed by atoms with van der Waals surface area (Å²) in [6, 6.07) is 14.2. The van der Waals surface area contributed by atoms with Crippen molar-refractivity contribution in [1.29, 1.82) is 0 Å². The molecule has 26 heavy (non-hydrogen) atoms. The number of aryl methyl sites for hydroxylation is 1. The van der Waals surface area contributed by atoms with Crippen LogP contribution in [0, 0.1) is 0 Å². The summed E-state index contributed by atoms with van der Waals surface area (Å²) in [6.45, 7) is 2.74. The number of hydrogen-bond acceptors (Lipinski definition) is 2. The number of anilines is 1. The number of aromatic nitrogens is 1. The molecule has 3 aromatic rings. The number of nitrogens with two attached hydrogens (primary N) is 1. The van der Waals surface area contributed by atoms with E-state index in [1.54, 1.807) is 7.11 Å². The van der Waals surface area contributed by atoms with Crippen molar-refractivity contribution in [3.8, 4) is 5.75 Å². The first kappa shape index (κ1) is 20.1. The monoisotopic (exact) mass is 464 g/mol. The Morgan fingerprint density at radius 2 is 2.04 bits per heavy atom. The molecule has 0 atom stereocenters. The molecule has 138 valence electrons. The minimum absolute atomic E-state index is 0. The van der Waals surface area contributed by atoms with Crippen LogP contribution in [-0.2, 0) is 12.8 Å². The second-order valence-corrected chi connectivity index (χ2v) is 5.89. The summed E-state index contributed by atoms with van der Waals surface area (Å²) in [5.41, 5.74) is 10.5. The van der Waals surface area contributed by atoms with E-state index < -0.39 is 0 Å². The Labute approximate surface area is 171 Å². The van der Waals surface area contributed by atoms with Crippen molar-refractivity contribution in [2.75, 3.05) is 19.0 Å². The van der Waals surface area contributed by atoms with Gasteiger partial charge in [0.25, 0.3) is 0 Å². The first-order chi connectivity index (χ1) is 12.2. The first-order valence-electron chi connectivity index (χ1n) is 8.50. The fourth-order valence-corrected chi connectivity index (χ4v) is 2.94. The molecular formula is C20H25IN4O. The summed E-state index contributed by atoms with van der Waals surface area (Å²) >= 11 is 0. The fraction of sp³-hybridized carbons (Fsp3) is 0.250. The first-order valence-corrected chi connectivity index (χ1v) is 8.50. The van der Waals surface area contributed by atoms with Crippen molar-refractivity contribution >= 4 is 46.5 Å². The van der Waals surface area contributed by atoms with Crippen LogP contribution in [0.2, 0.25) is 0 Å². The van der Waals surface area contributed by atoms with Crippen LogP contribution in [0.3, 0.4) is 0 Å². The van der Waals surface area contributed by atoms with Crippen LogP contribution in [0.4, 0.5) is 5.69 Å². The van der Waals surface area contributed by atoms with E-state index in [-0.39, 0.29) is 24.0 Å². The van der Waals surface area contributed by atoms with Gasteiger partial charge in [-0.15, -0.1) is 24.0 Å². The average molecular weight is 464 g/mol. The number of H-pyrrole nitrogens is 1. The highest BCUT2D eigenvalue weighted by Crippen LogP contribution is 2.28. The number of rotatable bonds is 6. The van der Waals surface area contributed by atoms with Crippen LogP contribution in [-0.4, -0.2) is 24.6 Å². The van der Waals surface area contributed by atoms with E-state index in [1.807, 2.05) is 36.5 Å². The fourth-order valence-electron chi connectivity index (χ4n) is 2.94. The number of ether oxygens (including phenoxy) is 1. The van der Waals surface area contributed by atoms with Crippen LogP contribution >= 0.6 is 24.0 Å². The molecule has 0 saturated carbocycles. The van der Waals surface area contributed by atoms with Gasteiger partial charge in [0, 0.05) is 29.3 Å². The largest absolute Gasteiger partial charge is 0.496 e. The van der Waals surface area contributed by atoms with Gasteiger partial charge in [0.1, 0.15) is 5.75 Å². The molecular weight excluding hydrogens is 439 g/mol. The van der Waals surface area contributed by atoms with Crippen LogP contribution in [0.15, 0.2) is 53.7 Å². The SMILES string of the molecule is CCc1cccc(NC(N)=NCCc2c[nH]c3cccc(OC)c23)c1.I. The number of nitrogens with one attached hydrogen (secondary N) is 2. The lowest BCUT2D eigenvalue weighted by Gasteiger charge is -2.07. The van der Waals surface area contributed by atoms with E-state index in [1.165, 1.54) is 11.1 Å². The van der Waals surface area contributed by atoms with Gasteiger partial charge in [0.05, 0.1) is 7.11 Å². The standard InChI is InChI=1S/C20H24N4O.HI/c1-3-14-6-4-7-16(12-14)24-20(21)22-11-10-15-13-23-17-8-5-9-18(25-2)19(15)17;/h4-9,12-13,23H,3,10-11H2,1-2H3,(H3,21,22,24);1H. The van der Waals surface area contributed by atoms with E-state index in [0.717, 1.165) is 35.2 Å². The van der Waals surface area contributed by atoms with Crippen LogP contribution in [0.1, 0.15) is 18.1 Å². The zero-order chi connectivity index (χ0) is 17.6. The average Bonchev–Trinajstić information content (AvgIpc) is 3.05. The van der Waals surface area contributed by atoms with E-state index in [0.29, 0.717) is 12.5 Å². The second-order valence-electron chi connectivity index (χ2n) is 5.89. The van der Waals surface area contributed by atoms with Gasteiger partial charge in [0.2, 0.25) is 0 Å². The molecule has 0 saturated heterocycles. The van der Waals surface area contributed by atoms with Gasteiger partial charge < -0.3 is 20.8 Å². The lowest BCUT2D eigenvalue weighted by atomic mass is 10.1. The number of benzene rings is 2. The number of hydrogen-bond donors (Lipinski definition) is 3. The summed E-state index contributed by atoms with van der Waals surface area (Å²) in [5.74, 6) is 1.31. The number of methoxy groups -OCH3 is 1. The van der Waals surface area contributed by atoms with Crippen molar-refractivity contribution in [3.63, 3.8) is 0 Å². The minimum Gasteiger partial charge on any atom is -0.496 e. The lowest BCUT2D eigenvalue weighted by molar-refractivity contribution is 0.419. The minimum atomic E-state index is 0. The van der Waals surface area contributed by atoms with Gasteiger partial charge in [-0.2, -0.15) is 0 Å². The zero-order valence-electron chi connectivity index (χ0n) is 15.1. The number of nitrogens with zero attached hydrogens (tertiary/aromatic N) is 1. The Kier molecular flexibility index (Phi) is 7.32. The summed E-state index contributed by atoms with van der Waals surface area (Å²) in [5, 5.41) is 4.26. The third-order valence-corrected chi connectivity index (χ3v) is 4.24. The van der Waals surface area contributed by atoms with Crippen molar-refractivity contribution in [2.24, 2.45) is 10.7 Å². The van der Waals surface area contributed by atoms with E-state index in [4.69, 9.17) is 10.5 Å². The molecule has 1 aromatic heterocycles. The molecule has 1 heterocycles. The third kappa shape index (κ3) is 4.69. The molecule has 0 amide bonds. The summed E-state index contributed by atoms with van der Waals surface area (Å²) in [7, 11) is 1.69. The molecule has 0 fully saturated rings. The molecule has 0 aliphatic heterocycles. The molecule has 0 bridgehead atoms. The Morgan fingerprint density at radius 3 is 2.81 bits per heavy atom. The maximum Gasteiger partial charge on any atom is 0.193 e. The predicted octanol–water partition coefficient (Wildman–Crippen LogP) is 4.33. The smallest absolute Gasteiger partial charge is 0.193 e. The van der Waals surface area contributed by atoms with Crippen molar-refractivity contribution < 1.29 is 4.74 Å². The highest BCUT2D eigenvalue weighted by Gasteiger charge is 2.08. The van der Waals surface area contributed by atoms with Crippen molar-refractivity contribution in [1.82, 2.24) is 4.98 Å². The quantitative estimate of drug-likeness (QED) is 0.289. The van der Waals surface area contributed by atoms with Gasteiger partial charge in [-0.25, -0.2) is 0 Å². The maximum absolute atomic E-state index is 6.01. The molecule has 0 unspecified atom stereocenters. The molecule has 5 nitrogen and oxygen atoms in total. The number of aliphatic imine (C=N–C) groups is 1. The molecule has 3 rings (SSSR count). The number of fused-ring (bicyclic) bond motifs is 1. The van der Waals surface area contributed by atoms with Crippen molar-refractivity contribution in [3.05, 3.63) is 59.8 Å². The Morgan fingerprint density at radius 1 is 1.23 bits per heavy atom. The number of aromatic amines is 1. The van der Waals surface area contributed by atoms with Gasteiger partial charge in [-0.05, 0) is 48.2 Å². The summed E-state index contributed by atoms with van der Waals surface area (Å²) in [6.07, 6.45) is 3.80. The lowest BCUT2D eigenvalue weighted by Crippen LogP contribution is -2.23. The summed E-state index contributed by atoms with van der Waals surface area (Å²) < 4.78 is 5.46. The van der Waals surface area contributed by atoms with Gasteiger partial charge >= 0.3 is 0 Å². The Hall–Kier alpha value is -2.22. The third-order valence-electron chi connectivity index (χ3n) is 4.24. The van der Waals surface area contributed by atoms with E-state index >= 15 is 0 Å². The zero-order valence-corrected chi connectivity index (χ0v) is 17.4. The van der Waals surface area contributed by atoms with Crippen LogP contribution in [0.5, 0.6) is 5.75 Å². The molecule has 4 N–H and O–H groups in total. The second kappa shape index (κ2) is 9.47. The topological polar surface area (TPSA) is 75.4 Å². The van der Waals surface area contributed by atoms with Gasteiger partial charge in [-0.1, -0.05) is 25.1 Å². The molecule has 0 aliphatic carbocycles. The highest BCUT2D eigenvalue weighted by atomic mass is 127.